The Bertz CT molecular complexity index is 377. The number of alkyl halides is 2. The van der Waals surface area contributed by atoms with Gasteiger partial charge in [0.2, 0.25) is 0 Å². The topological polar surface area (TPSA) is 32.7 Å². The first kappa shape index (κ1) is 15.1. The Kier molecular flexibility index (Phi) is 6.32. The predicted octanol–water partition coefficient (Wildman–Crippen LogP) is 2.76. The van der Waals surface area contributed by atoms with E-state index < -0.39 is 6.61 Å². The van der Waals surface area contributed by atoms with Crippen LogP contribution in [0.25, 0.3) is 0 Å². The van der Waals surface area contributed by atoms with E-state index in [0.29, 0.717) is 13.1 Å². The van der Waals surface area contributed by atoms with Crippen molar-refractivity contribution in [3.63, 3.8) is 0 Å². The second kappa shape index (κ2) is 7.51. The van der Waals surface area contributed by atoms with Crippen molar-refractivity contribution in [1.82, 2.24) is 4.90 Å². The molecule has 0 unspecified atom stereocenters. The van der Waals surface area contributed by atoms with Gasteiger partial charge in [-0.1, -0.05) is 24.6 Å². The lowest BCUT2D eigenvalue weighted by Crippen LogP contribution is -2.26. The van der Waals surface area contributed by atoms with Crippen molar-refractivity contribution >= 4 is 11.6 Å². The standard InChI is InChI=1S/C12H16ClF2NO2/c1-2-16(5-6-17)8-9-3-4-11(10(13)7-9)18-12(14)15/h3-4,7,12,17H,2,5-6,8H2,1H3. The Hall–Kier alpha value is -0.910. The highest BCUT2D eigenvalue weighted by molar-refractivity contribution is 6.32. The fraction of sp³-hybridized carbons (Fsp3) is 0.500. The summed E-state index contributed by atoms with van der Waals surface area (Å²) in [6.07, 6.45) is 0. The highest BCUT2D eigenvalue weighted by Crippen LogP contribution is 2.27. The zero-order valence-corrected chi connectivity index (χ0v) is 10.8. The highest BCUT2D eigenvalue weighted by Gasteiger charge is 2.10. The van der Waals surface area contributed by atoms with Gasteiger partial charge >= 0.3 is 6.61 Å². The smallest absolute Gasteiger partial charge is 0.387 e. The first-order chi connectivity index (χ1) is 8.56. The van der Waals surface area contributed by atoms with E-state index >= 15 is 0 Å². The van der Waals surface area contributed by atoms with E-state index in [2.05, 4.69) is 4.74 Å². The van der Waals surface area contributed by atoms with Gasteiger partial charge in [0.1, 0.15) is 5.75 Å². The lowest BCUT2D eigenvalue weighted by molar-refractivity contribution is -0.0498. The number of ether oxygens (including phenoxy) is 1. The van der Waals surface area contributed by atoms with Crippen molar-refractivity contribution in [1.29, 1.82) is 0 Å². The van der Waals surface area contributed by atoms with Crippen LogP contribution in [0.4, 0.5) is 8.78 Å². The van der Waals surface area contributed by atoms with E-state index in [-0.39, 0.29) is 17.4 Å². The SMILES string of the molecule is CCN(CCO)Cc1ccc(OC(F)F)c(Cl)c1. The van der Waals surface area contributed by atoms with Crippen LogP contribution in [0.3, 0.4) is 0 Å². The van der Waals surface area contributed by atoms with Crippen LogP contribution in [0.15, 0.2) is 18.2 Å². The van der Waals surface area contributed by atoms with Gasteiger partial charge < -0.3 is 9.84 Å². The molecule has 0 saturated carbocycles. The van der Waals surface area contributed by atoms with Crippen LogP contribution in [0.5, 0.6) is 5.75 Å². The molecular formula is C12H16ClF2NO2. The molecule has 0 atom stereocenters. The van der Waals surface area contributed by atoms with Gasteiger partial charge in [-0.25, -0.2) is 0 Å². The Morgan fingerprint density at radius 2 is 2.17 bits per heavy atom. The van der Waals surface area contributed by atoms with Crippen LogP contribution in [0.2, 0.25) is 5.02 Å². The second-order valence-electron chi connectivity index (χ2n) is 3.74. The summed E-state index contributed by atoms with van der Waals surface area (Å²) in [5.74, 6) is -0.0272. The van der Waals surface area contributed by atoms with Crippen LogP contribution >= 0.6 is 11.6 Å². The molecule has 0 heterocycles. The summed E-state index contributed by atoms with van der Waals surface area (Å²) in [5.41, 5.74) is 0.886. The van der Waals surface area contributed by atoms with Crippen LogP contribution < -0.4 is 4.74 Å². The molecule has 0 aliphatic rings. The number of aliphatic hydroxyl groups is 1. The summed E-state index contributed by atoms with van der Waals surface area (Å²) >= 11 is 5.85. The molecule has 0 amide bonds. The van der Waals surface area contributed by atoms with Gasteiger partial charge in [0.25, 0.3) is 0 Å². The molecule has 0 aliphatic carbocycles. The third-order valence-electron chi connectivity index (χ3n) is 2.48. The first-order valence-electron chi connectivity index (χ1n) is 5.63. The number of nitrogens with zero attached hydrogens (tertiary/aromatic N) is 1. The maximum Gasteiger partial charge on any atom is 0.387 e. The normalized spacial score (nSPS) is 11.3. The minimum absolute atomic E-state index is 0.0272. The van der Waals surface area contributed by atoms with Crippen molar-refractivity contribution in [3.8, 4) is 5.75 Å². The van der Waals surface area contributed by atoms with E-state index in [1.165, 1.54) is 6.07 Å². The molecule has 0 fully saturated rings. The first-order valence-corrected chi connectivity index (χ1v) is 6.01. The van der Waals surface area contributed by atoms with Gasteiger partial charge in [-0.15, -0.1) is 0 Å². The van der Waals surface area contributed by atoms with E-state index in [9.17, 15) is 8.78 Å². The summed E-state index contributed by atoms with van der Waals surface area (Å²) in [7, 11) is 0. The molecule has 0 bridgehead atoms. The molecular weight excluding hydrogens is 264 g/mol. The molecule has 0 radical (unpaired) electrons. The van der Waals surface area contributed by atoms with Gasteiger partial charge in [0, 0.05) is 13.1 Å². The van der Waals surface area contributed by atoms with Crippen LogP contribution in [0.1, 0.15) is 12.5 Å². The van der Waals surface area contributed by atoms with Crippen molar-refractivity contribution in [2.45, 2.75) is 20.1 Å². The molecule has 1 rings (SSSR count). The summed E-state index contributed by atoms with van der Waals surface area (Å²) in [6.45, 7) is 1.12. The van der Waals surface area contributed by atoms with Gasteiger partial charge in [-0.2, -0.15) is 8.78 Å². The third-order valence-corrected chi connectivity index (χ3v) is 2.78. The number of aliphatic hydroxyl groups excluding tert-OH is 1. The van der Waals surface area contributed by atoms with Crippen LogP contribution in [-0.2, 0) is 6.54 Å². The third kappa shape index (κ3) is 4.76. The molecule has 1 aromatic carbocycles. The van der Waals surface area contributed by atoms with Gasteiger partial charge in [0.15, 0.2) is 0 Å². The molecule has 3 nitrogen and oxygen atoms in total. The molecule has 0 spiro atoms. The summed E-state index contributed by atoms with van der Waals surface area (Å²) < 4.78 is 28.4. The van der Waals surface area contributed by atoms with Crippen molar-refractivity contribution in [2.24, 2.45) is 0 Å². The van der Waals surface area contributed by atoms with E-state index in [1.807, 2.05) is 11.8 Å². The largest absolute Gasteiger partial charge is 0.433 e. The molecule has 18 heavy (non-hydrogen) atoms. The minimum atomic E-state index is -2.88. The van der Waals surface area contributed by atoms with Crippen LogP contribution in [0, 0.1) is 0 Å². The zero-order valence-electron chi connectivity index (χ0n) is 10.1. The van der Waals surface area contributed by atoms with Crippen molar-refractivity contribution in [3.05, 3.63) is 28.8 Å². The summed E-state index contributed by atoms with van der Waals surface area (Å²) in [4.78, 5) is 2.01. The number of hydrogen-bond donors (Lipinski definition) is 1. The Morgan fingerprint density at radius 1 is 1.44 bits per heavy atom. The minimum Gasteiger partial charge on any atom is -0.433 e. The number of hydrogen-bond acceptors (Lipinski definition) is 3. The lowest BCUT2D eigenvalue weighted by atomic mass is 10.2. The maximum atomic E-state index is 12.0. The Balaban J connectivity index is 2.71. The molecule has 0 aliphatic heterocycles. The van der Waals surface area contributed by atoms with Gasteiger partial charge in [-0.3, -0.25) is 4.90 Å². The fourth-order valence-corrected chi connectivity index (χ4v) is 1.83. The monoisotopic (exact) mass is 279 g/mol. The molecule has 102 valence electrons. The highest BCUT2D eigenvalue weighted by atomic mass is 35.5. The molecule has 1 N–H and O–H groups in total. The van der Waals surface area contributed by atoms with Crippen molar-refractivity contribution < 1.29 is 18.6 Å². The Morgan fingerprint density at radius 3 is 2.67 bits per heavy atom. The van der Waals surface area contributed by atoms with E-state index in [1.54, 1.807) is 12.1 Å². The fourth-order valence-electron chi connectivity index (χ4n) is 1.58. The predicted molar refractivity (Wildman–Crippen MR) is 66.1 cm³/mol. The maximum absolute atomic E-state index is 12.0. The van der Waals surface area contributed by atoms with Crippen LogP contribution in [-0.4, -0.2) is 36.3 Å². The summed E-state index contributed by atoms with van der Waals surface area (Å²) in [6, 6.07) is 4.71. The number of rotatable bonds is 7. The number of likely N-dealkylation sites (N-methyl/N-ethyl adjacent to an activating group) is 1. The molecule has 0 aromatic heterocycles. The number of benzene rings is 1. The number of halogens is 3. The zero-order chi connectivity index (χ0) is 13.5. The lowest BCUT2D eigenvalue weighted by Gasteiger charge is -2.19. The van der Waals surface area contributed by atoms with Crippen molar-refractivity contribution in [2.75, 3.05) is 19.7 Å². The average molecular weight is 280 g/mol. The van der Waals surface area contributed by atoms with Gasteiger partial charge in [-0.05, 0) is 24.2 Å². The second-order valence-corrected chi connectivity index (χ2v) is 4.14. The summed E-state index contributed by atoms with van der Waals surface area (Å²) in [5, 5.41) is 9.03. The quantitative estimate of drug-likeness (QED) is 0.833. The molecule has 6 heteroatoms. The Labute approximate surface area is 110 Å². The van der Waals surface area contributed by atoms with Gasteiger partial charge in [0.05, 0.1) is 11.6 Å². The molecule has 0 saturated heterocycles. The van der Waals surface area contributed by atoms with E-state index in [0.717, 1.165) is 12.1 Å². The average Bonchev–Trinajstić information content (AvgIpc) is 2.31. The van der Waals surface area contributed by atoms with E-state index in [4.69, 9.17) is 16.7 Å². The molecule has 1 aromatic rings.